The number of amides is 2. The van der Waals surface area contributed by atoms with Gasteiger partial charge in [0.15, 0.2) is 5.76 Å². The van der Waals surface area contributed by atoms with Gasteiger partial charge in [-0.25, -0.2) is 4.39 Å². The SMILES string of the molecule is O=C(NCC(=O)N1CCc2c(noc2-c2ccc(F)cc2)C1)c1ccccc1. The topological polar surface area (TPSA) is 75.4 Å². The zero-order chi connectivity index (χ0) is 19.5. The highest BCUT2D eigenvalue weighted by Crippen LogP contribution is 2.30. The summed E-state index contributed by atoms with van der Waals surface area (Å²) in [6.07, 6.45) is 0.587. The average molecular weight is 379 g/mol. The van der Waals surface area contributed by atoms with Crippen LogP contribution in [0.5, 0.6) is 0 Å². The molecule has 0 radical (unpaired) electrons. The molecular weight excluding hydrogens is 361 g/mol. The summed E-state index contributed by atoms with van der Waals surface area (Å²) in [7, 11) is 0. The lowest BCUT2D eigenvalue weighted by Crippen LogP contribution is -2.42. The molecular formula is C21H18FN3O3. The molecule has 28 heavy (non-hydrogen) atoms. The molecule has 0 bridgehead atoms. The summed E-state index contributed by atoms with van der Waals surface area (Å²) in [5.74, 6) is -0.168. The van der Waals surface area contributed by atoms with Crippen LogP contribution in [0.3, 0.4) is 0 Å². The Hall–Kier alpha value is -3.48. The Bertz CT molecular complexity index is 999. The van der Waals surface area contributed by atoms with E-state index in [1.807, 2.05) is 6.07 Å². The van der Waals surface area contributed by atoms with Crippen molar-refractivity contribution < 1.29 is 18.5 Å². The van der Waals surface area contributed by atoms with Crippen molar-refractivity contribution in [1.29, 1.82) is 0 Å². The Kier molecular flexibility index (Phi) is 4.89. The first-order chi connectivity index (χ1) is 13.6. The van der Waals surface area contributed by atoms with Crippen LogP contribution in [-0.2, 0) is 17.8 Å². The molecule has 142 valence electrons. The minimum absolute atomic E-state index is 0.0776. The number of carbonyl (C=O) groups excluding carboxylic acids is 2. The quantitative estimate of drug-likeness (QED) is 0.756. The van der Waals surface area contributed by atoms with Gasteiger partial charge in [-0.05, 0) is 42.8 Å². The van der Waals surface area contributed by atoms with Gasteiger partial charge in [-0.15, -0.1) is 0 Å². The van der Waals surface area contributed by atoms with Gasteiger partial charge in [-0.1, -0.05) is 23.4 Å². The molecule has 0 aliphatic carbocycles. The standard InChI is InChI=1S/C21H18FN3O3/c22-16-8-6-14(7-9-16)20-17-10-11-25(13-18(17)24-28-20)19(26)12-23-21(27)15-4-2-1-3-5-15/h1-9H,10-13H2,(H,23,27). The number of hydrogen-bond acceptors (Lipinski definition) is 4. The lowest BCUT2D eigenvalue weighted by molar-refractivity contribution is -0.131. The summed E-state index contributed by atoms with van der Waals surface area (Å²) in [5.41, 5.74) is 2.89. The normalized spacial score (nSPS) is 13.1. The molecule has 2 heterocycles. The Morgan fingerprint density at radius 2 is 1.86 bits per heavy atom. The van der Waals surface area contributed by atoms with E-state index < -0.39 is 0 Å². The summed E-state index contributed by atoms with van der Waals surface area (Å²) in [4.78, 5) is 26.2. The van der Waals surface area contributed by atoms with E-state index in [0.29, 0.717) is 36.5 Å². The van der Waals surface area contributed by atoms with Crippen molar-refractivity contribution in [3.05, 3.63) is 77.2 Å². The molecule has 1 aliphatic rings. The Labute approximate surface area is 160 Å². The van der Waals surface area contributed by atoms with Gasteiger partial charge >= 0.3 is 0 Å². The van der Waals surface area contributed by atoms with Gasteiger partial charge in [0.2, 0.25) is 5.91 Å². The minimum Gasteiger partial charge on any atom is -0.356 e. The summed E-state index contributed by atoms with van der Waals surface area (Å²) >= 11 is 0. The van der Waals surface area contributed by atoms with Crippen LogP contribution in [0.1, 0.15) is 21.6 Å². The molecule has 0 atom stereocenters. The molecule has 1 aromatic heterocycles. The zero-order valence-corrected chi connectivity index (χ0v) is 15.0. The highest BCUT2D eigenvalue weighted by Gasteiger charge is 2.27. The van der Waals surface area contributed by atoms with Crippen LogP contribution >= 0.6 is 0 Å². The van der Waals surface area contributed by atoms with Crippen molar-refractivity contribution in [1.82, 2.24) is 15.4 Å². The average Bonchev–Trinajstić information content (AvgIpc) is 3.16. The van der Waals surface area contributed by atoms with Gasteiger partial charge in [-0.2, -0.15) is 0 Å². The van der Waals surface area contributed by atoms with Crippen molar-refractivity contribution >= 4 is 11.8 Å². The summed E-state index contributed by atoms with van der Waals surface area (Å²) in [6, 6.07) is 14.8. The number of aromatic nitrogens is 1. The fourth-order valence-corrected chi connectivity index (χ4v) is 3.23. The van der Waals surface area contributed by atoms with Gasteiger partial charge < -0.3 is 14.7 Å². The minimum atomic E-state index is -0.313. The summed E-state index contributed by atoms with van der Waals surface area (Å²) < 4.78 is 18.6. The fraction of sp³-hybridized carbons (Fsp3) is 0.190. The largest absolute Gasteiger partial charge is 0.356 e. The molecule has 1 N–H and O–H groups in total. The van der Waals surface area contributed by atoms with E-state index in [1.165, 1.54) is 12.1 Å². The van der Waals surface area contributed by atoms with Gasteiger partial charge in [0.25, 0.3) is 5.91 Å². The number of rotatable bonds is 4. The van der Waals surface area contributed by atoms with E-state index in [0.717, 1.165) is 11.1 Å². The molecule has 2 aromatic carbocycles. The second-order valence-electron chi connectivity index (χ2n) is 6.56. The number of nitrogens with zero attached hydrogens (tertiary/aromatic N) is 2. The van der Waals surface area contributed by atoms with Crippen molar-refractivity contribution in [2.75, 3.05) is 13.1 Å². The first-order valence-corrected chi connectivity index (χ1v) is 8.96. The molecule has 6 nitrogen and oxygen atoms in total. The zero-order valence-electron chi connectivity index (χ0n) is 15.0. The molecule has 7 heteroatoms. The van der Waals surface area contributed by atoms with E-state index in [1.54, 1.807) is 41.3 Å². The van der Waals surface area contributed by atoms with E-state index in [4.69, 9.17) is 4.52 Å². The molecule has 0 saturated heterocycles. The summed E-state index contributed by atoms with van der Waals surface area (Å²) in [6.45, 7) is 0.744. The maximum atomic E-state index is 13.1. The van der Waals surface area contributed by atoms with Crippen LogP contribution < -0.4 is 5.32 Å². The molecule has 0 fully saturated rings. The molecule has 0 spiro atoms. The summed E-state index contributed by atoms with van der Waals surface area (Å²) in [5, 5.41) is 6.73. The van der Waals surface area contributed by atoms with Crippen LogP contribution in [0.4, 0.5) is 4.39 Å². The molecule has 3 aromatic rings. The number of nitrogens with one attached hydrogen (secondary N) is 1. The third-order valence-corrected chi connectivity index (χ3v) is 4.74. The van der Waals surface area contributed by atoms with Crippen molar-refractivity contribution in [2.24, 2.45) is 0 Å². The molecule has 0 saturated carbocycles. The molecule has 4 rings (SSSR count). The third kappa shape index (κ3) is 3.64. The van der Waals surface area contributed by atoms with E-state index in [2.05, 4.69) is 10.5 Å². The lowest BCUT2D eigenvalue weighted by Gasteiger charge is -2.26. The van der Waals surface area contributed by atoms with Crippen LogP contribution in [0.15, 0.2) is 59.1 Å². The van der Waals surface area contributed by atoms with Gasteiger partial charge in [0, 0.05) is 23.2 Å². The number of halogens is 1. The number of benzene rings is 2. The Morgan fingerprint density at radius 1 is 1.11 bits per heavy atom. The second-order valence-corrected chi connectivity index (χ2v) is 6.56. The number of hydrogen-bond donors (Lipinski definition) is 1. The van der Waals surface area contributed by atoms with Crippen LogP contribution in [0, 0.1) is 5.82 Å². The Balaban J connectivity index is 1.39. The first kappa shape index (κ1) is 17.9. The first-order valence-electron chi connectivity index (χ1n) is 8.96. The monoisotopic (exact) mass is 379 g/mol. The van der Waals surface area contributed by atoms with Crippen LogP contribution in [-0.4, -0.2) is 35.0 Å². The molecule has 0 unspecified atom stereocenters. The maximum absolute atomic E-state index is 13.1. The van der Waals surface area contributed by atoms with Crippen molar-refractivity contribution in [2.45, 2.75) is 13.0 Å². The van der Waals surface area contributed by atoms with Gasteiger partial charge in [0.05, 0.1) is 13.1 Å². The van der Waals surface area contributed by atoms with E-state index >= 15 is 0 Å². The van der Waals surface area contributed by atoms with Crippen molar-refractivity contribution in [3.8, 4) is 11.3 Å². The predicted molar refractivity (Wildman–Crippen MR) is 99.8 cm³/mol. The predicted octanol–water partition coefficient (Wildman–Crippen LogP) is 2.80. The highest BCUT2D eigenvalue weighted by atomic mass is 19.1. The number of fused-ring (bicyclic) bond motifs is 1. The molecule has 1 aliphatic heterocycles. The van der Waals surface area contributed by atoms with E-state index in [9.17, 15) is 14.0 Å². The third-order valence-electron chi connectivity index (χ3n) is 4.74. The van der Waals surface area contributed by atoms with Gasteiger partial charge in [0.1, 0.15) is 11.5 Å². The van der Waals surface area contributed by atoms with Gasteiger partial charge in [-0.3, -0.25) is 9.59 Å². The van der Waals surface area contributed by atoms with Crippen LogP contribution in [0.25, 0.3) is 11.3 Å². The maximum Gasteiger partial charge on any atom is 0.251 e. The van der Waals surface area contributed by atoms with E-state index in [-0.39, 0.29) is 24.2 Å². The fourth-order valence-electron chi connectivity index (χ4n) is 3.23. The number of carbonyl (C=O) groups is 2. The second kappa shape index (κ2) is 7.64. The Morgan fingerprint density at radius 3 is 2.61 bits per heavy atom. The van der Waals surface area contributed by atoms with Crippen LogP contribution in [0.2, 0.25) is 0 Å². The van der Waals surface area contributed by atoms with Crippen molar-refractivity contribution in [3.63, 3.8) is 0 Å². The lowest BCUT2D eigenvalue weighted by atomic mass is 10.0. The smallest absolute Gasteiger partial charge is 0.251 e. The molecule has 2 amide bonds. The highest BCUT2D eigenvalue weighted by molar-refractivity contribution is 5.96.